The van der Waals surface area contributed by atoms with Crippen molar-refractivity contribution in [3.63, 3.8) is 0 Å². The van der Waals surface area contributed by atoms with E-state index < -0.39 is 10.0 Å². The van der Waals surface area contributed by atoms with Gasteiger partial charge in [0.15, 0.2) is 0 Å². The highest BCUT2D eigenvalue weighted by Gasteiger charge is 2.15. The predicted octanol–water partition coefficient (Wildman–Crippen LogP) is 3.11. The molecular weight excluding hydrogens is 340 g/mol. The molecule has 23 heavy (non-hydrogen) atoms. The minimum absolute atomic E-state index is 0.0681. The molecule has 2 N–H and O–H groups in total. The number of hydrogen-bond acceptors (Lipinski definition) is 4. The zero-order chi connectivity index (χ0) is 17.0. The van der Waals surface area contributed by atoms with Gasteiger partial charge in [0.05, 0.1) is 22.7 Å². The van der Waals surface area contributed by atoms with E-state index in [0.29, 0.717) is 22.1 Å². The number of sulfonamides is 1. The van der Waals surface area contributed by atoms with Crippen molar-refractivity contribution in [1.29, 1.82) is 0 Å². The molecule has 0 atom stereocenters. The molecular formula is C15H15ClN2O4S. The number of carbonyl (C=O) groups excluding carboxylic acids is 1. The first-order chi connectivity index (χ1) is 10.8. The van der Waals surface area contributed by atoms with Crippen molar-refractivity contribution in [2.45, 2.75) is 11.8 Å². The summed E-state index contributed by atoms with van der Waals surface area (Å²) >= 11 is 5.97. The molecule has 0 aliphatic rings. The summed E-state index contributed by atoms with van der Waals surface area (Å²) < 4.78 is 32.1. The van der Waals surface area contributed by atoms with E-state index in [-0.39, 0.29) is 10.8 Å². The van der Waals surface area contributed by atoms with Gasteiger partial charge in [-0.15, -0.1) is 0 Å². The quantitative estimate of drug-likeness (QED) is 0.864. The van der Waals surface area contributed by atoms with Gasteiger partial charge in [-0.1, -0.05) is 11.6 Å². The molecule has 0 aromatic heterocycles. The zero-order valence-corrected chi connectivity index (χ0v) is 14.0. The third kappa shape index (κ3) is 4.37. The molecule has 0 fully saturated rings. The second kappa shape index (κ2) is 6.89. The van der Waals surface area contributed by atoms with Crippen molar-refractivity contribution < 1.29 is 17.9 Å². The van der Waals surface area contributed by atoms with Gasteiger partial charge in [-0.2, -0.15) is 0 Å². The van der Waals surface area contributed by atoms with Gasteiger partial charge in [0, 0.05) is 12.6 Å². The van der Waals surface area contributed by atoms with Gasteiger partial charge in [-0.05, 0) is 42.5 Å². The van der Waals surface area contributed by atoms with Gasteiger partial charge in [-0.25, -0.2) is 8.42 Å². The van der Waals surface area contributed by atoms with Crippen LogP contribution in [-0.4, -0.2) is 21.4 Å². The Hall–Kier alpha value is -2.25. The molecule has 2 rings (SSSR count). The lowest BCUT2D eigenvalue weighted by Crippen LogP contribution is -2.13. The van der Waals surface area contributed by atoms with Gasteiger partial charge >= 0.3 is 0 Å². The van der Waals surface area contributed by atoms with E-state index in [2.05, 4.69) is 10.0 Å². The Kier molecular flexibility index (Phi) is 5.12. The minimum Gasteiger partial charge on any atom is -0.495 e. The molecule has 0 aliphatic carbocycles. The topological polar surface area (TPSA) is 84.5 Å². The number of halogens is 1. The van der Waals surface area contributed by atoms with Crippen LogP contribution in [0.15, 0.2) is 47.4 Å². The van der Waals surface area contributed by atoms with Crippen molar-refractivity contribution in [1.82, 2.24) is 0 Å². The molecule has 0 radical (unpaired) electrons. The second-order valence-electron chi connectivity index (χ2n) is 4.66. The first-order valence-electron chi connectivity index (χ1n) is 6.56. The van der Waals surface area contributed by atoms with Crippen LogP contribution in [0.1, 0.15) is 6.92 Å². The molecule has 1 amide bonds. The lowest BCUT2D eigenvalue weighted by Gasteiger charge is -2.10. The van der Waals surface area contributed by atoms with Crippen LogP contribution in [-0.2, 0) is 14.8 Å². The Balaban J connectivity index is 2.21. The van der Waals surface area contributed by atoms with Crippen LogP contribution in [0, 0.1) is 0 Å². The zero-order valence-electron chi connectivity index (χ0n) is 12.5. The van der Waals surface area contributed by atoms with E-state index in [0.717, 1.165) is 0 Å². The van der Waals surface area contributed by atoms with E-state index in [1.165, 1.54) is 44.4 Å². The van der Waals surface area contributed by atoms with Gasteiger partial charge in [0.2, 0.25) is 5.91 Å². The number of amides is 1. The fraction of sp³-hybridized carbons (Fsp3) is 0.133. The number of methoxy groups -OCH3 is 1. The molecule has 0 saturated carbocycles. The number of nitrogens with one attached hydrogen (secondary N) is 2. The summed E-state index contributed by atoms with van der Waals surface area (Å²) in [6.07, 6.45) is 0. The Morgan fingerprint density at radius 2 is 1.70 bits per heavy atom. The maximum absolute atomic E-state index is 12.3. The van der Waals surface area contributed by atoms with Gasteiger partial charge in [0.25, 0.3) is 10.0 Å². The van der Waals surface area contributed by atoms with E-state index in [1.807, 2.05) is 0 Å². The third-order valence-electron chi connectivity index (χ3n) is 2.89. The summed E-state index contributed by atoms with van der Waals surface area (Å²) in [6, 6.07) is 10.4. The van der Waals surface area contributed by atoms with Crippen molar-refractivity contribution in [3.8, 4) is 5.75 Å². The number of benzene rings is 2. The monoisotopic (exact) mass is 354 g/mol. The van der Waals surface area contributed by atoms with Crippen LogP contribution in [0.3, 0.4) is 0 Å². The van der Waals surface area contributed by atoms with Gasteiger partial charge in [0.1, 0.15) is 5.75 Å². The van der Waals surface area contributed by atoms with Crippen LogP contribution in [0.2, 0.25) is 5.02 Å². The van der Waals surface area contributed by atoms with Crippen molar-refractivity contribution in [3.05, 3.63) is 47.5 Å². The minimum atomic E-state index is -3.76. The molecule has 122 valence electrons. The van der Waals surface area contributed by atoms with Crippen molar-refractivity contribution >= 4 is 38.9 Å². The summed E-state index contributed by atoms with van der Waals surface area (Å²) in [6.45, 7) is 1.37. The lowest BCUT2D eigenvalue weighted by atomic mass is 10.3. The smallest absolute Gasteiger partial charge is 0.261 e. The summed E-state index contributed by atoms with van der Waals surface area (Å²) in [4.78, 5) is 11.0. The number of hydrogen-bond donors (Lipinski definition) is 2. The van der Waals surface area contributed by atoms with Gasteiger partial charge in [-0.3, -0.25) is 9.52 Å². The number of rotatable bonds is 5. The summed E-state index contributed by atoms with van der Waals surface area (Å²) in [7, 11) is -2.28. The van der Waals surface area contributed by atoms with Crippen LogP contribution in [0.5, 0.6) is 5.75 Å². The number of anilines is 2. The molecule has 0 bridgehead atoms. The molecule has 2 aromatic rings. The number of carbonyl (C=O) groups is 1. The molecule has 0 unspecified atom stereocenters. The fourth-order valence-corrected chi connectivity index (χ4v) is 3.17. The van der Waals surface area contributed by atoms with Crippen LogP contribution in [0.4, 0.5) is 11.4 Å². The summed E-state index contributed by atoms with van der Waals surface area (Å²) in [5.74, 6) is 0.223. The average Bonchev–Trinajstić information content (AvgIpc) is 2.47. The maximum Gasteiger partial charge on any atom is 0.261 e. The van der Waals surface area contributed by atoms with E-state index in [4.69, 9.17) is 16.3 Å². The molecule has 0 spiro atoms. The Bertz CT molecular complexity index is 820. The highest BCUT2D eigenvalue weighted by molar-refractivity contribution is 7.92. The molecule has 8 heteroatoms. The lowest BCUT2D eigenvalue weighted by molar-refractivity contribution is -0.114. The Labute approximate surface area is 139 Å². The van der Waals surface area contributed by atoms with Crippen molar-refractivity contribution in [2.75, 3.05) is 17.1 Å². The molecule has 0 aliphatic heterocycles. The van der Waals surface area contributed by atoms with E-state index >= 15 is 0 Å². The van der Waals surface area contributed by atoms with Crippen molar-refractivity contribution in [2.24, 2.45) is 0 Å². The summed E-state index contributed by atoms with van der Waals surface area (Å²) in [5.41, 5.74) is 0.839. The number of ether oxygens (including phenoxy) is 1. The standard InChI is InChI=1S/C15H15ClN2O4S/c1-10(19)17-11-3-6-13(7-4-11)23(20,21)18-12-5-8-15(22-2)14(16)9-12/h3-9,18H,1-2H3,(H,17,19). The Morgan fingerprint density at radius 3 is 2.22 bits per heavy atom. The average molecular weight is 355 g/mol. The van der Waals surface area contributed by atoms with Gasteiger partial charge < -0.3 is 10.1 Å². The predicted molar refractivity (Wildman–Crippen MR) is 89.6 cm³/mol. The van der Waals surface area contributed by atoms with Crippen LogP contribution in [0.25, 0.3) is 0 Å². The molecule has 0 saturated heterocycles. The summed E-state index contributed by atoms with van der Waals surface area (Å²) in [5, 5.41) is 2.87. The van der Waals surface area contributed by atoms with Crippen LogP contribution >= 0.6 is 11.6 Å². The second-order valence-corrected chi connectivity index (χ2v) is 6.75. The maximum atomic E-state index is 12.3. The highest BCUT2D eigenvalue weighted by atomic mass is 35.5. The fourth-order valence-electron chi connectivity index (χ4n) is 1.86. The van der Waals surface area contributed by atoms with E-state index in [9.17, 15) is 13.2 Å². The molecule has 6 nitrogen and oxygen atoms in total. The third-order valence-corrected chi connectivity index (χ3v) is 4.58. The van der Waals surface area contributed by atoms with Crippen LogP contribution < -0.4 is 14.8 Å². The molecule has 0 heterocycles. The normalized spacial score (nSPS) is 10.9. The SMILES string of the molecule is COc1ccc(NS(=O)(=O)c2ccc(NC(C)=O)cc2)cc1Cl. The molecule has 2 aromatic carbocycles. The first-order valence-corrected chi connectivity index (χ1v) is 8.42. The Morgan fingerprint density at radius 1 is 1.09 bits per heavy atom. The van der Waals surface area contributed by atoms with E-state index in [1.54, 1.807) is 12.1 Å². The highest BCUT2D eigenvalue weighted by Crippen LogP contribution is 2.28. The first kappa shape index (κ1) is 17.1. The largest absolute Gasteiger partial charge is 0.495 e.